The Kier molecular flexibility index (Phi) is 5.95. The molecule has 1 aromatic heterocycles. The van der Waals surface area contributed by atoms with Crippen LogP contribution in [0.2, 0.25) is 5.02 Å². The number of nitrogens with zero attached hydrogens (tertiary/aromatic N) is 2. The van der Waals surface area contributed by atoms with E-state index in [0.717, 1.165) is 0 Å². The van der Waals surface area contributed by atoms with Crippen molar-refractivity contribution < 1.29 is 17.7 Å². The average molecular weight is 434 g/mol. The van der Waals surface area contributed by atoms with Crippen LogP contribution < -0.4 is 9.62 Å². The third kappa shape index (κ3) is 4.13. The highest BCUT2D eigenvalue weighted by molar-refractivity contribution is 7.93. The molecule has 0 saturated heterocycles. The maximum atomic E-state index is 13.3. The first-order valence-electron chi connectivity index (χ1n) is 8.87. The van der Waals surface area contributed by atoms with Crippen molar-refractivity contribution in [1.82, 2.24) is 5.16 Å². The summed E-state index contributed by atoms with van der Waals surface area (Å²) in [7, 11) is -3.94. The van der Waals surface area contributed by atoms with Crippen molar-refractivity contribution in [3.05, 3.63) is 70.6 Å². The van der Waals surface area contributed by atoms with Gasteiger partial charge in [0.1, 0.15) is 16.2 Å². The second-order valence-corrected chi connectivity index (χ2v) is 8.54. The molecule has 7 nitrogen and oxygen atoms in total. The van der Waals surface area contributed by atoms with Crippen LogP contribution >= 0.6 is 11.6 Å². The number of nitrogens with one attached hydrogen (secondary N) is 1. The van der Waals surface area contributed by atoms with E-state index in [4.69, 9.17) is 16.1 Å². The van der Waals surface area contributed by atoms with Crippen LogP contribution in [0.1, 0.15) is 28.7 Å². The van der Waals surface area contributed by atoms with Crippen LogP contribution in [0.5, 0.6) is 0 Å². The molecule has 0 aliphatic carbocycles. The minimum atomic E-state index is -3.94. The lowest BCUT2D eigenvalue weighted by Crippen LogP contribution is -2.31. The summed E-state index contributed by atoms with van der Waals surface area (Å²) in [6.07, 6.45) is 0. The molecule has 2 aromatic carbocycles. The molecule has 0 unspecified atom stereocenters. The second kappa shape index (κ2) is 8.26. The van der Waals surface area contributed by atoms with Crippen LogP contribution in [0, 0.1) is 13.8 Å². The molecule has 9 heteroatoms. The van der Waals surface area contributed by atoms with Crippen molar-refractivity contribution in [1.29, 1.82) is 0 Å². The highest BCUT2D eigenvalue weighted by Gasteiger charge is 2.27. The van der Waals surface area contributed by atoms with Gasteiger partial charge in [-0.25, -0.2) is 8.42 Å². The Morgan fingerprint density at radius 3 is 2.45 bits per heavy atom. The van der Waals surface area contributed by atoms with Gasteiger partial charge in [-0.2, -0.15) is 0 Å². The summed E-state index contributed by atoms with van der Waals surface area (Å²) in [4.78, 5) is 12.5. The quantitative estimate of drug-likeness (QED) is 0.621. The number of aromatic nitrogens is 1. The molecule has 1 N–H and O–H groups in total. The first kappa shape index (κ1) is 20.9. The van der Waals surface area contributed by atoms with Crippen molar-refractivity contribution >= 4 is 38.9 Å². The molecule has 0 atom stereocenters. The van der Waals surface area contributed by atoms with E-state index < -0.39 is 15.9 Å². The van der Waals surface area contributed by atoms with Crippen molar-refractivity contribution in [2.45, 2.75) is 25.7 Å². The van der Waals surface area contributed by atoms with Crippen molar-refractivity contribution in [3.63, 3.8) is 0 Å². The third-order valence-corrected chi connectivity index (χ3v) is 6.73. The lowest BCUT2D eigenvalue weighted by molar-refractivity contribution is 0.102. The molecule has 0 fully saturated rings. The lowest BCUT2D eigenvalue weighted by Gasteiger charge is -2.23. The first-order valence-corrected chi connectivity index (χ1v) is 10.7. The lowest BCUT2D eigenvalue weighted by atomic mass is 10.2. The zero-order chi connectivity index (χ0) is 21.2. The molecular formula is C20H20ClN3O4S. The molecule has 0 aliphatic heterocycles. The van der Waals surface area contributed by atoms with Gasteiger partial charge in [0.25, 0.3) is 15.9 Å². The Labute approximate surface area is 174 Å². The molecule has 0 saturated carbocycles. The number of para-hydroxylation sites is 1. The Bertz CT molecular complexity index is 1120. The number of aryl methyl sites for hydroxylation is 2. The minimum absolute atomic E-state index is 0.0646. The Hall–Kier alpha value is -2.84. The molecular weight excluding hydrogens is 414 g/mol. The Balaban J connectivity index is 1.97. The van der Waals surface area contributed by atoms with Gasteiger partial charge in [0.2, 0.25) is 0 Å². The van der Waals surface area contributed by atoms with Gasteiger partial charge in [0, 0.05) is 12.2 Å². The van der Waals surface area contributed by atoms with E-state index >= 15 is 0 Å². The van der Waals surface area contributed by atoms with Crippen LogP contribution in [0.3, 0.4) is 0 Å². The van der Waals surface area contributed by atoms with Gasteiger partial charge in [-0.1, -0.05) is 35.0 Å². The highest BCUT2D eigenvalue weighted by Crippen LogP contribution is 2.31. The van der Waals surface area contributed by atoms with Gasteiger partial charge in [-0.3, -0.25) is 9.10 Å². The molecule has 1 heterocycles. The topological polar surface area (TPSA) is 92.5 Å². The fourth-order valence-corrected chi connectivity index (χ4v) is 4.96. The van der Waals surface area contributed by atoms with Crippen LogP contribution in [-0.4, -0.2) is 26.0 Å². The molecule has 0 spiro atoms. The van der Waals surface area contributed by atoms with E-state index in [-0.39, 0.29) is 16.5 Å². The van der Waals surface area contributed by atoms with Gasteiger partial charge < -0.3 is 9.84 Å². The fourth-order valence-electron chi connectivity index (χ4n) is 2.98. The van der Waals surface area contributed by atoms with Crippen LogP contribution in [0.15, 0.2) is 57.9 Å². The van der Waals surface area contributed by atoms with Gasteiger partial charge in [-0.15, -0.1) is 0 Å². The first-order chi connectivity index (χ1) is 13.8. The van der Waals surface area contributed by atoms with E-state index in [0.29, 0.717) is 28.4 Å². The molecule has 152 valence electrons. The number of hydrogen-bond donors (Lipinski definition) is 1. The maximum absolute atomic E-state index is 13.3. The minimum Gasteiger partial charge on any atom is -0.361 e. The van der Waals surface area contributed by atoms with Gasteiger partial charge >= 0.3 is 0 Å². The van der Waals surface area contributed by atoms with Crippen LogP contribution in [0.25, 0.3) is 0 Å². The summed E-state index contributed by atoms with van der Waals surface area (Å²) in [5, 5.41) is 6.50. The summed E-state index contributed by atoms with van der Waals surface area (Å²) in [5.41, 5.74) is 1.57. The SMILES string of the molecule is CCN(c1ccccc1)S(=O)(=O)c1cc(NC(=O)c2c(C)noc2C)ccc1Cl. The van der Waals surface area contributed by atoms with Gasteiger partial charge in [0.15, 0.2) is 0 Å². The summed E-state index contributed by atoms with van der Waals surface area (Å²) in [5.74, 6) is -0.0645. The van der Waals surface area contributed by atoms with E-state index in [9.17, 15) is 13.2 Å². The number of hydrogen-bond acceptors (Lipinski definition) is 5. The van der Waals surface area contributed by atoms with Crippen molar-refractivity contribution in [2.24, 2.45) is 0 Å². The number of anilines is 2. The Morgan fingerprint density at radius 1 is 1.17 bits per heavy atom. The number of carbonyl (C=O) groups is 1. The number of benzene rings is 2. The van der Waals surface area contributed by atoms with Gasteiger partial charge in [-0.05, 0) is 51.1 Å². The van der Waals surface area contributed by atoms with Crippen LogP contribution in [0.4, 0.5) is 11.4 Å². The number of amides is 1. The van der Waals surface area contributed by atoms with Crippen molar-refractivity contribution in [3.8, 4) is 0 Å². The molecule has 0 bridgehead atoms. The molecule has 29 heavy (non-hydrogen) atoms. The molecule has 3 rings (SSSR count). The highest BCUT2D eigenvalue weighted by atomic mass is 35.5. The standard InChI is InChI=1S/C20H20ClN3O4S/c1-4-24(16-8-6-5-7-9-16)29(26,27)18-12-15(10-11-17(18)21)22-20(25)19-13(2)23-28-14(19)3/h5-12H,4H2,1-3H3,(H,22,25). The molecule has 3 aromatic rings. The normalized spacial score (nSPS) is 11.3. The summed E-state index contributed by atoms with van der Waals surface area (Å²) in [6, 6.07) is 13.1. The second-order valence-electron chi connectivity index (χ2n) is 6.30. The molecule has 0 aliphatic rings. The molecule has 1 amide bonds. The Morgan fingerprint density at radius 2 is 1.86 bits per heavy atom. The van der Waals surface area contributed by atoms with Crippen LogP contribution in [-0.2, 0) is 10.0 Å². The summed E-state index contributed by atoms with van der Waals surface area (Å²) in [6.45, 7) is 5.24. The summed E-state index contributed by atoms with van der Waals surface area (Å²) >= 11 is 6.21. The summed E-state index contributed by atoms with van der Waals surface area (Å²) < 4.78 is 32.8. The predicted molar refractivity (Wildman–Crippen MR) is 112 cm³/mol. The van der Waals surface area contributed by atoms with Crippen molar-refractivity contribution in [2.75, 3.05) is 16.2 Å². The number of rotatable bonds is 6. The number of halogens is 1. The largest absolute Gasteiger partial charge is 0.361 e. The zero-order valence-electron chi connectivity index (χ0n) is 16.1. The maximum Gasteiger partial charge on any atom is 0.265 e. The van der Waals surface area contributed by atoms with E-state index in [2.05, 4.69) is 10.5 Å². The van der Waals surface area contributed by atoms with Gasteiger partial charge in [0.05, 0.1) is 16.4 Å². The monoisotopic (exact) mass is 433 g/mol. The van der Waals surface area contributed by atoms with E-state index in [1.165, 1.54) is 22.5 Å². The molecule has 0 radical (unpaired) electrons. The smallest absolute Gasteiger partial charge is 0.265 e. The predicted octanol–water partition coefficient (Wildman–Crippen LogP) is 4.41. The zero-order valence-corrected chi connectivity index (χ0v) is 17.7. The number of carbonyl (C=O) groups excluding carboxylic acids is 1. The third-order valence-electron chi connectivity index (χ3n) is 4.35. The fraction of sp³-hybridized carbons (Fsp3) is 0.200. The van der Waals surface area contributed by atoms with E-state index in [1.807, 2.05) is 6.07 Å². The average Bonchev–Trinajstić information content (AvgIpc) is 3.02. The van der Waals surface area contributed by atoms with E-state index in [1.54, 1.807) is 45.0 Å². The number of sulfonamides is 1.